The van der Waals surface area contributed by atoms with Crippen LogP contribution in [0.3, 0.4) is 0 Å². The quantitative estimate of drug-likeness (QED) is 0.467. The maximum Gasteiger partial charge on any atom is 0.274 e. The Hall–Kier alpha value is -2.85. The number of rotatable bonds is 5. The molecule has 0 bridgehead atoms. The summed E-state index contributed by atoms with van der Waals surface area (Å²) in [7, 11) is 0. The molecule has 4 rings (SSSR count). The molecule has 26 heavy (non-hydrogen) atoms. The highest BCUT2D eigenvalue weighted by Gasteiger charge is 2.22. The van der Waals surface area contributed by atoms with E-state index in [2.05, 4.69) is 28.1 Å². The molecule has 0 atom stereocenters. The van der Waals surface area contributed by atoms with Gasteiger partial charge >= 0.3 is 0 Å². The predicted octanol–water partition coefficient (Wildman–Crippen LogP) is 5.42. The molecule has 0 saturated heterocycles. The highest BCUT2D eigenvalue weighted by molar-refractivity contribution is 7.17. The van der Waals surface area contributed by atoms with E-state index >= 15 is 0 Å². The zero-order valence-corrected chi connectivity index (χ0v) is 15.4. The largest absolute Gasteiger partial charge is 0.331 e. The first-order valence-electron chi connectivity index (χ1n) is 8.75. The van der Waals surface area contributed by atoms with E-state index in [1.54, 1.807) is 11.3 Å². The number of aromatic nitrogens is 1. The van der Waals surface area contributed by atoms with E-state index in [0.717, 1.165) is 21.6 Å². The van der Waals surface area contributed by atoms with Crippen LogP contribution in [0, 0.1) is 0 Å². The summed E-state index contributed by atoms with van der Waals surface area (Å²) in [4.78, 5) is 15.2. The summed E-state index contributed by atoms with van der Waals surface area (Å²) in [5.41, 5.74) is 3.97. The van der Waals surface area contributed by atoms with Crippen LogP contribution >= 0.6 is 11.3 Å². The average Bonchev–Trinajstić information content (AvgIpc) is 3.27. The molecule has 2 aromatic carbocycles. The minimum absolute atomic E-state index is 0.0398. The first-order valence-corrected chi connectivity index (χ1v) is 9.63. The number of nitrogens with zero attached hydrogens (tertiary/aromatic N) is 2. The number of hydrogen-bond acceptors (Lipinski definition) is 2. The van der Waals surface area contributed by atoms with Crippen molar-refractivity contribution >= 4 is 33.1 Å². The third kappa shape index (κ3) is 3.04. The number of anilines is 1. The van der Waals surface area contributed by atoms with Crippen molar-refractivity contribution < 1.29 is 4.79 Å². The molecule has 0 aliphatic carbocycles. The molecule has 0 radical (unpaired) electrons. The van der Waals surface area contributed by atoms with Gasteiger partial charge in [-0.2, -0.15) is 0 Å². The number of thiophene rings is 1. The molecular weight excluding hydrogens is 340 g/mol. The summed E-state index contributed by atoms with van der Waals surface area (Å²) in [5.74, 6) is 0.0398. The Balaban J connectivity index is 1.77. The monoisotopic (exact) mass is 360 g/mol. The van der Waals surface area contributed by atoms with Crippen LogP contribution in [0.15, 0.2) is 78.2 Å². The Kier molecular flexibility index (Phi) is 4.59. The maximum atomic E-state index is 13.4. The number of hydrogen-bond donors (Lipinski definition) is 0. The van der Waals surface area contributed by atoms with Gasteiger partial charge < -0.3 is 9.47 Å². The van der Waals surface area contributed by atoms with Crippen LogP contribution in [0.1, 0.15) is 23.0 Å². The fourth-order valence-corrected chi connectivity index (χ4v) is 4.10. The average molecular weight is 360 g/mol. The van der Waals surface area contributed by atoms with Crippen LogP contribution in [-0.4, -0.2) is 17.0 Å². The molecule has 0 aliphatic rings. The fraction of sp³-hybridized carbons (Fsp3) is 0.136. The summed E-state index contributed by atoms with van der Waals surface area (Å²) in [6.45, 7) is 3.33. The molecule has 0 fully saturated rings. The molecule has 130 valence electrons. The van der Waals surface area contributed by atoms with Crippen LogP contribution in [0.2, 0.25) is 0 Å². The molecule has 0 N–H and O–H groups in total. The standard InChI is InChI=1S/C22H20N2OS/c1-2-23(18-11-7-4-8-12-18)22(25)20-15-21-19(13-14-26-21)24(20)16-17-9-5-3-6-10-17/h3-15H,2,16H2,1H3. The number of carbonyl (C=O) groups is 1. The van der Waals surface area contributed by atoms with Gasteiger partial charge in [-0.05, 0) is 42.1 Å². The molecule has 3 nitrogen and oxygen atoms in total. The second kappa shape index (κ2) is 7.18. The minimum Gasteiger partial charge on any atom is -0.331 e. The van der Waals surface area contributed by atoms with Crippen molar-refractivity contribution in [3.8, 4) is 0 Å². The van der Waals surface area contributed by atoms with Crippen LogP contribution in [0.5, 0.6) is 0 Å². The third-order valence-corrected chi connectivity index (χ3v) is 5.41. The minimum atomic E-state index is 0.0398. The number of para-hydroxylation sites is 1. The van der Waals surface area contributed by atoms with E-state index in [4.69, 9.17) is 0 Å². The Morgan fingerprint density at radius 3 is 2.38 bits per heavy atom. The van der Waals surface area contributed by atoms with Crippen molar-refractivity contribution in [2.24, 2.45) is 0 Å². The topological polar surface area (TPSA) is 25.2 Å². The lowest BCUT2D eigenvalue weighted by Crippen LogP contribution is -2.32. The molecule has 4 aromatic rings. The van der Waals surface area contributed by atoms with E-state index in [9.17, 15) is 4.79 Å². The predicted molar refractivity (Wildman–Crippen MR) is 109 cm³/mol. The van der Waals surface area contributed by atoms with E-state index in [-0.39, 0.29) is 5.91 Å². The Bertz CT molecular complexity index is 1020. The van der Waals surface area contributed by atoms with Gasteiger partial charge in [0.1, 0.15) is 5.69 Å². The Labute approximate surface area is 157 Å². The van der Waals surface area contributed by atoms with Gasteiger partial charge in [0.2, 0.25) is 0 Å². The zero-order valence-electron chi connectivity index (χ0n) is 14.6. The lowest BCUT2D eigenvalue weighted by Gasteiger charge is -2.22. The summed E-state index contributed by atoms with van der Waals surface area (Å²) in [6, 6.07) is 24.3. The summed E-state index contributed by atoms with van der Waals surface area (Å²) < 4.78 is 3.28. The van der Waals surface area contributed by atoms with Crippen LogP contribution in [0.4, 0.5) is 5.69 Å². The number of fused-ring (bicyclic) bond motifs is 1. The molecule has 0 unspecified atom stereocenters. The lowest BCUT2D eigenvalue weighted by molar-refractivity contribution is 0.0980. The molecule has 2 heterocycles. The van der Waals surface area contributed by atoms with Crippen LogP contribution in [-0.2, 0) is 6.54 Å². The lowest BCUT2D eigenvalue weighted by atomic mass is 10.2. The third-order valence-electron chi connectivity index (χ3n) is 4.55. The fourth-order valence-electron chi connectivity index (χ4n) is 3.28. The van der Waals surface area contributed by atoms with Crippen molar-refractivity contribution in [2.75, 3.05) is 11.4 Å². The smallest absolute Gasteiger partial charge is 0.274 e. The highest BCUT2D eigenvalue weighted by atomic mass is 32.1. The Morgan fingerprint density at radius 1 is 1.00 bits per heavy atom. The van der Waals surface area contributed by atoms with Gasteiger partial charge in [0.25, 0.3) is 5.91 Å². The number of amides is 1. The van der Waals surface area contributed by atoms with Crippen LogP contribution < -0.4 is 4.90 Å². The van der Waals surface area contributed by atoms with Gasteiger partial charge in [0.15, 0.2) is 0 Å². The zero-order chi connectivity index (χ0) is 17.9. The first kappa shape index (κ1) is 16.6. The number of carbonyl (C=O) groups excluding carboxylic acids is 1. The van der Waals surface area contributed by atoms with Gasteiger partial charge in [-0.25, -0.2) is 0 Å². The van der Waals surface area contributed by atoms with E-state index in [0.29, 0.717) is 13.1 Å². The SMILES string of the molecule is CCN(C(=O)c1cc2sccc2n1Cc1ccccc1)c1ccccc1. The summed E-state index contributed by atoms with van der Waals surface area (Å²) >= 11 is 1.67. The molecule has 2 aromatic heterocycles. The van der Waals surface area contributed by atoms with E-state index < -0.39 is 0 Å². The second-order valence-electron chi connectivity index (χ2n) is 6.16. The van der Waals surface area contributed by atoms with Gasteiger partial charge in [0, 0.05) is 18.8 Å². The van der Waals surface area contributed by atoms with Gasteiger partial charge in [-0.1, -0.05) is 48.5 Å². The summed E-state index contributed by atoms with van der Waals surface area (Å²) in [6.07, 6.45) is 0. The van der Waals surface area contributed by atoms with Crippen molar-refractivity contribution in [2.45, 2.75) is 13.5 Å². The van der Waals surface area contributed by atoms with E-state index in [1.165, 1.54) is 5.56 Å². The van der Waals surface area contributed by atoms with Crippen molar-refractivity contribution in [3.05, 3.63) is 89.4 Å². The molecule has 1 amide bonds. The van der Waals surface area contributed by atoms with Crippen molar-refractivity contribution in [3.63, 3.8) is 0 Å². The number of benzene rings is 2. The normalized spacial score (nSPS) is 11.0. The maximum absolute atomic E-state index is 13.4. The van der Waals surface area contributed by atoms with Gasteiger partial charge in [0.05, 0.1) is 10.2 Å². The molecule has 0 spiro atoms. The second-order valence-corrected chi connectivity index (χ2v) is 7.10. The molecule has 4 heteroatoms. The van der Waals surface area contributed by atoms with Crippen molar-refractivity contribution in [1.29, 1.82) is 0 Å². The van der Waals surface area contributed by atoms with Crippen LogP contribution in [0.25, 0.3) is 10.2 Å². The molecule has 0 aliphatic heterocycles. The Morgan fingerprint density at radius 2 is 1.69 bits per heavy atom. The molecule has 0 saturated carbocycles. The summed E-state index contributed by atoms with van der Waals surface area (Å²) in [5, 5.41) is 2.08. The van der Waals surface area contributed by atoms with Gasteiger partial charge in [-0.3, -0.25) is 4.79 Å². The van der Waals surface area contributed by atoms with Gasteiger partial charge in [-0.15, -0.1) is 11.3 Å². The van der Waals surface area contributed by atoms with Crippen molar-refractivity contribution in [1.82, 2.24) is 4.57 Å². The molecular formula is C22H20N2OS. The highest BCUT2D eigenvalue weighted by Crippen LogP contribution is 2.28. The van der Waals surface area contributed by atoms with E-state index in [1.807, 2.05) is 66.4 Å². The first-order chi connectivity index (χ1) is 12.8.